The maximum atomic E-state index is 12.0. The van der Waals surface area contributed by atoms with Gasteiger partial charge in [-0.05, 0) is 36.4 Å². The Morgan fingerprint density at radius 2 is 1.72 bits per heavy atom. The van der Waals surface area contributed by atoms with E-state index in [4.69, 9.17) is 14.2 Å². The Bertz CT molecular complexity index is 861. The molecule has 1 N–H and O–H groups in total. The van der Waals surface area contributed by atoms with E-state index in [1.165, 1.54) is 11.3 Å². The maximum Gasteiger partial charge on any atom is 0.229 e. The van der Waals surface area contributed by atoms with Crippen molar-refractivity contribution in [3.63, 3.8) is 0 Å². The highest BCUT2D eigenvalue weighted by Crippen LogP contribution is 2.28. The number of carbonyl (C=O) groups excluding carboxylic acids is 1. The molecule has 25 heavy (non-hydrogen) atoms. The molecule has 0 unspecified atom stereocenters. The van der Waals surface area contributed by atoms with Crippen molar-refractivity contribution in [3.8, 4) is 17.2 Å². The molecular weight excluding hydrogens is 340 g/mol. The van der Waals surface area contributed by atoms with Gasteiger partial charge in [0.25, 0.3) is 0 Å². The number of carbonyl (C=O) groups is 1. The minimum atomic E-state index is -0.139. The number of amides is 1. The lowest BCUT2D eigenvalue weighted by Crippen LogP contribution is -2.15. The highest BCUT2D eigenvalue weighted by atomic mass is 32.1. The second-order valence-electron chi connectivity index (χ2n) is 5.17. The molecule has 0 aliphatic heterocycles. The third kappa shape index (κ3) is 4.39. The summed E-state index contributed by atoms with van der Waals surface area (Å²) in [7, 11) is 3.22. The van der Waals surface area contributed by atoms with Crippen LogP contribution in [0.15, 0.2) is 42.5 Å². The summed E-state index contributed by atoms with van der Waals surface area (Å²) in [6.45, 7) is 0.289. The van der Waals surface area contributed by atoms with Crippen molar-refractivity contribution in [1.82, 2.24) is 4.98 Å². The van der Waals surface area contributed by atoms with Crippen molar-refractivity contribution in [1.29, 1.82) is 0 Å². The molecule has 7 heteroatoms. The van der Waals surface area contributed by atoms with Crippen LogP contribution in [-0.2, 0) is 4.79 Å². The number of rotatable bonds is 7. The maximum absolute atomic E-state index is 12.0. The van der Waals surface area contributed by atoms with Gasteiger partial charge < -0.3 is 19.5 Å². The lowest BCUT2D eigenvalue weighted by molar-refractivity contribution is -0.116. The number of nitrogens with zero attached hydrogens (tertiary/aromatic N) is 1. The molecule has 1 aromatic heterocycles. The summed E-state index contributed by atoms with van der Waals surface area (Å²) in [6, 6.07) is 12.9. The lowest BCUT2D eigenvalue weighted by Gasteiger charge is -2.06. The van der Waals surface area contributed by atoms with E-state index >= 15 is 0 Å². The van der Waals surface area contributed by atoms with E-state index in [1.54, 1.807) is 26.4 Å². The molecule has 0 spiro atoms. The number of benzene rings is 2. The predicted octanol–water partition coefficient (Wildman–Crippen LogP) is 3.72. The number of methoxy groups -OCH3 is 2. The van der Waals surface area contributed by atoms with Crippen molar-refractivity contribution in [2.75, 3.05) is 26.1 Å². The van der Waals surface area contributed by atoms with Crippen molar-refractivity contribution in [2.45, 2.75) is 6.42 Å². The van der Waals surface area contributed by atoms with Gasteiger partial charge in [0.05, 0.1) is 37.5 Å². The van der Waals surface area contributed by atoms with Gasteiger partial charge in [-0.15, -0.1) is 0 Å². The van der Waals surface area contributed by atoms with E-state index in [1.807, 2.05) is 30.3 Å². The van der Waals surface area contributed by atoms with Crippen LogP contribution in [0.2, 0.25) is 0 Å². The molecule has 1 heterocycles. The normalized spacial score (nSPS) is 10.5. The highest BCUT2D eigenvalue weighted by Gasteiger charge is 2.09. The van der Waals surface area contributed by atoms with Crippen LogP contribution >= 0.6 is 11.3 Å². The third-order valence-electron chi connectivity index (χ3n) is 3.50. The van der Waals surface area contributed by atoms with Crippen molar-refractivity contribution in [2.24, 2.45) is 0 Å². The Hall–Kier alpha value is -2.80. The van der Waals surface area contributed by atoms with Crippen molar-refractivity contribution < 1.29 is 19.0 Å². The average Bonchev–Trinajstić information content (AvgIpc) is 3.03. The molecule has 3 aromatic rings. The molecule has 0 aliphatic rings. The first kappa shape index (κ1) is 17.0. The quantitative estimate of drug-likeness (QED) is 0.697. The second kappa shape index (κ2) is 7.85. The first-order valence-corrected chi connectivity index (χ1v) is 8.51. The minimum Gasteiger partial charge on any atom is -0.497 e. The molecule has 6 nitrogen and oxygen atoms in total. The zero-order valence-corrected chi connectivity index (χ0v) is 14.8. The molecule has 1 amide bonds. The van der Waals surface area contributed by atoms with Crippen LogP contribution in [-0.4, -0.2) is 31.7 Å². The number of nitrogens with one attached hydrogen (secondary N) is 1. The smallest absolute Gasteiger partial charge is 0.229 e. The van der Waals surface area contributed by atoms with E-state index in [9.17, 15) is 4.79 Å². The second-order valence-corrected chi connectivity index (χ2v) is 6.21. The summed E-state index contributed by atoms with van der Waals surface area (Å²) in [5.41, 5.74) is 0.800. The number of hydrogen-bond acceptors (Lipinski definition) is 6. The Morgan fingerprint density at radius 3 is 2.44 bits per heavy atom. The summed E-state index contributed by atoms with van der Waals surface area (Å²) in [5.74, 6) is 2.06. The van der Waals surface area contributed by atoms with Crippen LogP contribution in [0.25, 0.3) is 10.2 Å². The molecule has 130 valence electrons. The third-order valence-corrected chi connectivity index (χ3v) is 4.45. The van der Waals surface area contributed by atoms with E-state index in [0.29, 0.717) is 10.9 Å². The van der Waals surface area contributed by atoms with Crippen LogP contribution in [0.5, 0.6) is 17.2 Å². The van der Waals surface area contributed by atoms with Gasteiger partial charge in [-0.2, -0.15) is 0 Å². The van der Waals surface area contributed by atoms with Crippen LogP contribution < -0.4 is 19.5 Å². The van der Waals surface area contributed by atoms with Crippen molar-refractivity contribution in [3.05, 3.63) is 42.5 Å². The van der Waals surface area contributed by atoms with Gasteiger partial charge in [0, 0.05) is 6.07 Å². The number of hydrogen-bond donors (Lipinski definition) is 1. The molecule has 0 fully saturated rings. The summed E-state index contributed by atoms with van der Waals surface area (Å²) in [6.07, 6.45) is 0.241. The Balaban J connectivity index is 1.51. The molecule has 0 atom stereocenters. The topological polar surface area (TPSA) is 69.7 Å². The molecule has 0 aliphatic carbocycles. The van der Waals surface area contributed by atoms with Gasteiger partial charge >= 0.3 is 0 Å². The fourth-order valence-corrected chi connectivity index (χ4v) is 3.07. The zero-order valence-electron chi connectivity index (χ0n) is 13.9. The van der Waals surface area contributed by atoms with Gasteiger partial charge in [0.2, 0.25) is 5.91 Å². The largest absolute Gasteiger partial charge is 0.497 e. The number of aromatic nitrogens is 1. The number of thiazole rings is 1. The summed E-state index contributed by atoms with van der Waals surface area (Å²) >= 11 is 1.43. The van der Waals surface area contributed by atoms with E-state index < -0.39 is 0 Å². The van der Waals surface area contributed by atoms with Gasteiger partial charge in [-0.25, -0.2) is 4.98 Å². The number of ether oxygens (including phenoxy) is 3. The molecule has 0 radical (unpaired) electrons. The first-order chi connectivity index (χ1) is 12.2. The zero-order chi connectivity index (χ0) is 17.6. The molecule has 3 rings (SSSR count). The van der Waals surface area contributed by atoms with Gasteiger partial charge in [0.15, 0.2) is 5.13 Å². The highest BCUT2D eigenvalue weighted by molar-refractivity contribution is 7.22. The average molecular weight is 358 g/mol. The predicted molar refractivity (Wildman–Crippen MR) is 97.9 cm³/mol. The molecule has 2 aromatic carbocycles. The molecule has 0 bridgehead atoms. The monoisotopic (exact) mass is 358 g/mol. The van der Waals surface area contributed by atoms with Crippen molar-refractivity contribution >= 4 is 32.6 Å². The Labute approximate surface area is 149 Å². The van der Waals surface area contributed by atoms with Gasteiger partial charge in [-0.1, -0.05) is 11.3 Å². The van der Waals surface area contributed by atoms with E-state index in [0.717, 1.165) is 21.7 Å². The summed E-state index contributed by atoms with van der Waals surface area (Å²) in [4.78, 5) is 16.4. The SMILES string of the molecule is COc1ccc(OCCC(=O)Nc2nc3cc(OC)ccc3s2)cc1. The number of anilines is 1. The van der Waals surface area contributed by atoms with Crippen LogP contribution in [0.3, 0.4) is 0 Å². The van der Waals surface area contributed by atoms with E-state index in [-0.39, 0.29) is 18.9 Å². The summed E-state index contributed by atoms with van der Waals surface area (Å²) < 4.78 is 16.8. The number of fused-ring (bicyclic) bond motifs is 1. The van der Waals surface area contributed by atoms with Crippen LogP contribution in [0.4, 0.5) is 5.13 Å². The Morgan fingerprint density at radius 1 is 1.04 bits per heavy atom. The fourth-order valence-electron chi connectivity index (χ4n) is 2.20. The molecular formula is C18H18N2O4S. The molecule has 0 saturated carbocycles. The summed E-state index contributed by atoms with van der Waals surface area (Å²) in [5, 5.41) is 3.37. The molecule has 0 saturated heterocycles. The lowest BCUT2D eigenvalue weighted by atomic mass is 10.3. The first-order valence-electron chi connectivity index (χ1n) is 7.69. The Kier molecular flexibility index (Phi) is 5.35. The minimum absolute atomic E-state index is 0.139. The van der Waals surface area contributed by atoms with Crippen LogP contribution in [0.1, 0.15) is 6.42 Å². The standard InChI is InChI=1S/C18H18N2O4S/c1-22-12-3-5-13(6-4-12)24-10-9-17(21)20-18-19-15-11-14(23-2)7-8-16(15)25-18/h3-8,11H,9-10H2,1-2H3,(H,19,20,21). The van der Waals surface area contributed by atoms with Gasteiger partial charge in [-0.3, -0.25) is 4.79 Å². The van der Waals surface area contributed by atoms with Crippen LogP contribution in [0, 0.1) is 0 Å². The van der Waals surface area contributed by atoms with E-state index in [2.05, 4.69) is 10.3 Å². The fraction of sp³-hybridized carbons (Fsp3) is 0.222. The van der Waals surface area contributed by atoms with Gasteiger partial charge in [0.1, 0.15) is 17.2 Å².